The number of anilines is 1. The van der Waals surface area contributed by atoms with Gasteiger partial charge >= 0.3 is 6.03 Å². The van der Waals surface area contributed by atoms with E-state index in [2.05, 4.69) is 10.6 Å². The van der Waals surface area contributed by atoms with Crippen molar-refractivity contribution in [3.8, 4) is 5.75 Å². The molecule has 6 nitrogen and oxygen atoms in total. The van der Waals surface area contributed by atoms with Crippen molar-refractivity contribution in [3.05, 3.63) is 59.7 Å². The van der Waals surface area contributed by atoms with Gasteiger partial charge in [0.2, 0.25) is 5.91 Å². The number of amides is 3. The topological polar surface area (TPSA) is 70.7 Å². The maximum atomic E-state index is 13.7. The van der Waals surface area contributed by atoms with Crippen LogP contribution in [0.25, 0.3) is 0 Å². The molecule has 8 heteroatoms. The van der Waals surface area contributed by atoms with Crippen LogP contribution >= 0.6 is 0 Å². The Kier molecular flexibility index (Phi) is 8.41. The SMILES string of the molecule is COc1ccc(CCC(=O)NCCC2CCN(C(=O)Nc3cc(F)ccc3F)CC2)cc1. The van der Waals surface area contributed by atoms with Gasteiger partial charge in [-0.15, -0.1) is 0 Å². The minimum Gasteiger partial charge on any atom is -0.497 e. The molecule has 1 aliphatic heterocycles. The van der Waals surface area contributed by atoms with Crippen LogP contribution in [0.5, 0.6) is 5.75 Å². The molecule has 0 aliphatic carbocycles. The van der Waals surface area contributed by atoms with Gasteiger partial charge in [0, 0.05) is 32.1 Å². The number of halogens is 2. The average molecular weight is 446 g/mol. The first-order valence-electron chi connectivity index (χ1n) is 10.8. The molecule has 0 radical (unpaired) electrons. The van der Waals surface area contributed by atoms with Gasteiger partial charge in [-0.2, -0.15) is 0 Å². The Morgan fingerprint density at radius 1 is 1.09 bits per heavy atom. The lowest BCUT2D eigenvalue weighted by Gasteiger charge is -2.32. The molecule has 0 saturated carbocycles. The molecule has 0 atom stereocenters. The molecule has 2 aromatic carbocycles. The second-order valence-corrected chi connectivity index (χ2v) is 7.97. The van der Waals surface area contributed by atoms with Gasteiger partial charge in [0.1, 0.15) is 17.4 Å². The molecule has 0 bridgehead atoms. The summed E-state index contributed by atoms with van der Waals surface area (Å²) in [6.07, 6.45) is 3.57. The fourth-order valence-electron chi connectivity index (χ4n) is 3.77. The second-order valence-electron chi connectivity index (χ2n) is 7.97. The maximum Gasteiger partial charge on any atom is 0.321 e. The van der Waals surface area contributed by atoms with Gasteiger partial charge in [0.15, 0.2) is 0 Å². The summed E-state index contributed by atoms with van der Waals surface area (Å²) in [7, 11) is 1.62. The molecule has 1 aliphatic rings. The molecule has 172 valence electrons. The molecule has 32 heavy (non-hydrogen) atoms. The highest BCUT2D eigenvalue weighted by molar-refractivity contribution is 5.89. The van der Waals surface area contributed by atoms with Crippen LogP contribution in [0.1, 0.15) is 31.2 Å². The molecule has 2 aromatic rings. The van der Waals surface area contributed by atoms with Gasteiger partial charge in [-0.3, -0.25) is 4.79 Å². The summed E-state index contributed by atoms with van der Waals surface area (Å²) in [5.41, 5.74) is 0.930. The van der Waals surface area contributed by atoms with Crippen LogP contribution in [-0.2, 0) is 11.2 Å². The van der Waals surface area contributed by atoms with Crippen molar-refractivity contribution in [2.45, 2.75) is 32.1 Å². The number of methoxy groups -OCH3 is 1. The third-order valence-electron chi connectivity index (χ3n) is 5.75. The van der Waals surface area contributed by atoms with Gasteiger partial charge in [-0.1, -0.05) is 12.1 Å². The van der Waals surface area contributed by atoms with Crippen LogP contribution < -0.4 is 15.4 Å². The van der Waals surface area contributed by atoms with E-state index >= 15 is 0 Å². The lowest BCUT2D eigenvalue weighted by molar-refractivity contribution is -0.121. The Morgan fingerprint density at radius 2 is 1.81 bits per heavy atom. The number of benzene rings is 2. The first-order chi connectivity index (χ1) is 15.4. The number of piperidine rings is 1. The Morgan fingerprint density at radius 3 is 2.50 bits per heavy atom. The predicted molar refractivity (Wildman–Crippen MR) is 119 cm³/mol. The summed E-state index contributed by atoms with van der Waals surface area (Å²) in [6, 6.07) is 10.2. The minimum atomic E-state index is -0.669. The summed E-state index contributed by atoms with van der Waals surface area (Å²) in [4.78, 5) is 26.0. The highest BCUT2D eigenvalue weighted by Crippen LogP contribution is 2.22. The monoisotopic (exact) mass is 445 g/mol. The van der Waals surface area contributed by atoms with E-state index in [-0.39, 0.29) is 11.6 Å². The molecule has 3 rings (SSSR count). The standard InChI is InChI=1S/C24H29F2N3O3/c1-32-20-6-2-17(3-7-20)4-9-23(30)27-13-10-18-11-14-29(15-12-18)24(31)28-22-16-19(25)5-8-21(22)26/h2-3,5-8,16,18H,4,9-15H2,1H3,(H,27,30)(H,28,31). The molecule has 0 aromatic heterocycles. The Labute approximate surface area is 186 Å². The smallest absolute Gasteiger partial charge is 0.321 e. The van der Waals surface area contributed by atoms with E-state index in [4.69, 9.17) is 4.74 Å². The zero-order valence-corrected chi connectivity index (χ0v) is 18.2. The number of carbonyl (C=O) groups excluding carboxylic acids is 2. The number of hydrogen-bond donors (Lipinski definition) is 2. The van der Waals surface area contributed by atoms with Crippen molar-refractivity contribution < 1.29 is 23.1 Å². The van der Waals surface area contributed by atoms with E-state index in [0.29, 0.717) is 38.4 Å². The molecule has 0 spiro atoms. The predicted octanol–water partition coefficient (Wildman–Crippen LogP) is 4.36. The average Bonchev–Trinajstić information content (AvgIpc) is 2.81. The number of aryl methyl sites for hydroxylation is 1. The van der Waals surface area contributed by atoms with Gasteiger partial charge in [-0.25, -0.2) is 13.6 Å². The summed E-state index contributed by atoms with van der Waals surface area (Å²) in [6.45, 7) is 1.69. The van der Waals surface area contributed by atoms with Crippen LogP contribution in [0.15, 0.2) is 42.5 Å². The highest BCUT2D eigenvalue weighted by atomic mass is 19.1. The molecular formula is C24H29F2N3O3. The third kappa shape index (κ3) is 6.93. The summed E-state index contributed by atoms with van der Waals surface area (Å²) in [5, 5.41) is 5.40. The summed E-state index contributed by atoms with van der Waals surface area (Å²) < 4.78 is 32.1. The van der Waals surface area contributed by atoms with Crippen molar-refractivity contribution >= 4 is 17.6 Å². The van der Waals surface area contributed by atoms with Gasteiger partial charge in [0.25, 0.3) is 0 Å². The zero-order valence-electron chi connectivity index (χ0n) is 18.2. The molecule has 3 amide bonds. The largest absolute Gasteiger partial charge is 0.497 e. The third-order valence-corrected chi connectivity index (χ3v) is 5.75. The zero-order chi connectivity index (χ0) is 22.9. The number of carbonyl (C=O) groups is 2. The van der Waals surface area contributed by atoms with Crippen LogP contribution in [0.2, 0.25) is 0 Å². The Balaban J connectivity index is 1.32. The number of rotatable bonds is 8. The van der Waals surface area contributed by atoms with Crippen LogP contribution in [0, 0.1) is 17.6 Å². The highest BCUT2D eigenvalue weighted by Gasteiger charge is 2.23. The fourth-order valence-corrected chi connectivity index (χ4v) is 3.77. The van der Waals surface area contributed by atoms with E-state index in [1.165, 1.54) is 0 Å². The van der Waals surface area contributed by atoms with Gasteiger partial charge in [-0.05, 0) is 61.4 Å². The van der Waals surface area contributed by atoms with E-state index in [1.807, 2.05) is 24.3 Å². The lowest BCUT2D eigenvalue weighted by Crippen LogP contribution is -2.41. The molecule has 1 saturated heterocycles. The number of likely N-dealkylation sites (tertiary alicyclic amines) is 1. The molecular weight excluding hydrogens is 416 g/mol. The van der Waals surface area contributed by atoms with Gasteiger partial charge < -0.3 is 20.3 Å². The number of urea groups is 1. The van der Waals surface area contributed by atoms with Crippen molar-refractivity contribution in [2.24, 2.45) is 5.92 Å². The molecule has 0 unspecified atom stereocenters. The first kappa shape index (κ1) is 23.5. The normalized spacial score (nSPS) is 14.2. The molecule has 2 N–H and O–H groups in total. The minimum absolute atomic E-state index is 0.0229. The Bertz CT molecular complexity index is 913. The van der Waals surface area contributed by atoms with Crippen molar-refractivity contribution in [1.29, 1.82) is 0 Å². The van der Waals surface area contributed by atoms with Crippen molar-refractivity contribution in [2.75, 3.05) is 32.1 Å². The lowest BCUT2D eigenvalue weighted by atomic mass is 9.93. The number of nitrogens with one attached hydrogen (secondary N) is 2. The number of hydrogen-bond acceptors (Lipinski definition) is 3. The first-order valence-corrected chi connectivity index (χ1v) is 10.8. The number of nitrogens with zero attached hydrogens (tertiary/aromatic N) is 1. The van der Waals surface area contributed by atoms with Crippen LogP contribution in [0.3, 0.4) is 0 Å². The molecule has 1 heterocycles. The number of ether oxygens (including phenoxy) is 1. The second kappa shape index (κ2) is 11.5. The van der Waals surface area contributed by atoms with Crippen LogP contribution in [0.4, 0.5) is 19.3 Å². The van der Waals surface area contributed by atoms with E-state index in [1.54, 1.807) is 12.0 Å². The van der Waals surface area contributed by atoms with Crippen molar-refractivity contribution in [3.63, 3.8) is 0 Å². The molecule has 1 fully saturated rings. The van der Waals surface area contributed by atoms with Gasteiger partial charge in [0.05, 0.1) is 12.8 Å². The summed E-state index contributed by atoms with van der Waals surface area (Å²) in [5.74, 6) is -0.0479. The quantitative estimate of drug-likeness (QED) is 0.635. The Hall–Kier alpha value is -3.16. The van der Waals surface area contributed by atoms with E-state index in [9.17, 15) is 18.4 Å². The van der Waals surface area contributed by atoms with Crippen LogP contribution in [-0.4, -0.2) is 43.6 Å². The fraction of sp³-hybridized carbons (Fsp3) is 0.417. The van der Waals surface area contributed by atoms with Crippen molar-refractivity contribution in [1.82, 2.24) is 10.2 Å². The maximum absolute atomic E-state index is 13.7. The van der Waals surface area contributed by atoms with E-state index in [0.717, 1.165) is 48.8 Å². The summed E-state index contributed by atoms with van der Waals surface area (Å²) >= 11 is 0. The van der Waals surface area contributed by atoms with E-state index < -0.39 is 17.7 Å².